The first kappa shape index (κ1) is 33.6. The van der Waals surface area contributed by atoms with Crippen LogP contribution in [0.2, 0.25) is 0 Å². The quantitative estimate of drug-likeness (QED) is 0.292. The molecule has 3 aliphatic rings. The molecule has 1 amide bonds. The maximum Gasteiger partial charge on any atom is 0.255 e. The second kappa shape index (κ2) is 11.9. The summed E-state index contributed by atoms with van der Waals surface area (Å²) >= 11 is 0. The molecular weight excluding hydrogens is 694 g/mol. The SMILES string of the molecule is CNC(=O)C1=C(c2ccc(F)cc2F)OC2CC(N(C)S(C)(=O)=O)=C(c3ccc4c(n3)-c3cc5c(F)cccc5n3C(CS(C)(=O)=O)C4)C=C12. The molecule has 0 fully saturated rings. The molecule has 10 nitrogen and oxygen atoms in total. The number of likely N-dealkylation sites (N-methyl/N-ethyl adjacent to an activating group) is 1. The number of ether oxygens (including phenoxy) is 1. The van der Waals surface area contributed by atoms with E-state index in [0.717, 1.165) is 22.9 Å². The molecule has 2 atom stereocenters. The van der Waals surface area contributed by atoms with Crippen LogP contribution in [0, 0.1) is 17.5 Å². The van der Waals surface area contributed by atoms with Crippen molar-refractivity contribution in [2.45, 2.75) is 25.0 Å². The van der Waals surface area contributed by atoms with Crippen molar-refractivity contribution < 1.29 is 39.5 Å². The number of halogens is 3. The van der Waals surface area contributed by atoms with E-state index in [1.165, 1.54) is 26.2 Å². The van der Waals surface area contributed by atoms with Crippen LogP contribution in [-0.4, -0.2) is 75.1 Å². The van der Waals surface area contributed by atoms with Gasteiger partial charge in [-0.3, -0.25) is 9.10 Å². The van der Waals surface area contributed by atoms with Gasteiger partial charge in [0.25, 0.3) is 5.91 Å². The van der Waals surface area contributed by atoms with E-state index in [4.69, 9.17) is 9.72 Å². The highest BCUT2D eigenvalue weighted by molar-refractivity contribution is 7.90. The summed E-state index contributed by atoms with van der Waals surface area (Å²) in [7, 11) is -4.50. The Morgan fingerprint density at radius 3 is 2.46 bits per heavy atom. The molecule has 2 aromatic carbocycles. The minimum Gasteiger partial charge on any atom is -0.484 e. The van der Waals surface area contributed by atoms with E-state index in [0.29, 0.717) is 50.8 Å². The first-order valence-corrected chi connectivity index (χ1v) is 19.4. The molecule has 2 aromatic heterocycles. The van der Waals surface area contributed by atoms with Crippen LogP contribution in [0.4, 0.5) is 13.2 Å². The lowest BCUT2D eigenvalue weighted by atomic mass is 9.87. The number of aromatic nitrogens is 2. The van der Waals surface area contributed by atoms with E-state index in [2.05, 4.69) is 5.32 Å². The number of hydrogen-bond acceptors (Lipinski definition) is 7. The number of pyridine rings is 1. The average molecular weight is 725 g/mol. The summed E-state index contributed by atoms with van der Waals surface area (Å²) in [5, 5.41) is 2.84. The molecule has 260 valence electrons. The van der Waals surface area contributed by atoms with Gasteiger partial charge in [-0.2, -0.15) is 0 Å². The molecule has 4 aromatic rings. The summed E-state index contributed by atoms with van der Waals surface area (Å²) < 4.78 is 104. The van der Waals surface area contributed by atoms with Gasteiger partial charge < -0.3 is 14.6 Å². The van der Waals surface area contributed by atoms with Gasteiger partial charge in [-0.15, -0.1) is 0 Å². The number of amides is 1. The standard InChI is InChI=1S/C35H31F3N4O6S2/c1-39-35(43)32-24-14-23(29(41(2)50(4,46)47)16-31(24)48-34(32)21-10-9-19(36)13-26(21)38)27-11-8-18-12-20(17-49(3,44)45)42-28-7-5-6-25(37)22(28)15-30(42)33(18)40-27/h5-11,13-15,20,31H,12,16-17H2,1-4H3,(H,39,43). The van der Waals surface area contributed by atoms with Crippen LogP contribution in [0.1, 0.15) is 29.3 Å². The summed E-state index contributed by atoms with van der Waals surface area (Å²) in [6.45, 7) is 0. The highest BCUT2D eigenvalue weighted by Crippen LogP contribution is 2.47. The highest BCUT2D eigenvalue weighted by atomic mass is 32.2. The van der Waals surface area contributed by atoms with Gasteiger partial charge in [0, 0.05) is 55.1 Å². The molecule has 0 radical (unpaired) electrons. The van der Waals surface area contributed by atoms with Crippen molar-refractivity contribution in [3.8, 4) is 11.4 Å². The molecule has 50 heavy (non-hydrogen) atoms. The van der Waals surface area contributed by atoms with Crippen LogP contribution in [0.5, 0.6) is 0 Å². The Balaban J connectivity index is 1.44. The number of hydrogen-bond donors (Lipinski definition) is 1. The van der Waals surface area contributed by atoms with Crippen molar-refractivity contribution >= 4 is 48.0 Å². The lowest BCUT2D eigenvalue weighted by Crippen LogP contribution is -2.31. The van der Waals surface area contributed by atoms with E-state index >= 15 is 8.78 Å². The summed E-state index contributed by atoms with van der Waals surface area (Å²) in [6.07, 6.45) is 3.10. The average Bonchev–Trinajstić information content (AvgIpc) is 3.62. The molecule has 0 saturated carbocycles. The minimum atomic E-state index is -3.83. The van der Waals surface area contributed by atoms with E-state index in [-0.39, 0.29) is 41.2 Å². The smallest absolute Gasteiger partial charge is 0.255 e. The van der Waals surface area contributed by atoms with Gasteiger partial charge in [0.2, 0.25) is 10.0 Å². The van der Waals surface area contributed by atoms with Crippen LogP contribution in [0.25, 0.3) is 33.6 Å². The van der Waals surface area contributed by atoms with Crippen molar-refractivity contribution in [3.63, 3.8) is 0 Å². The number of carbonyl (C=O) groups excluding carboxylic acids is 1. The topological polar surface area (TPSA) is 128 Å². The molecule has 2 aliphatic heterocycles. The van der Waals surface area contributed by atoms with Crippen molar-refractivity contribution in [2.75, 3.05) is 32.4 Å². The third-order valence-electron chi connectivity index (χ3n) is 9.26. The van der Waals surface area contributed by atoms with Crippen LogP contribution < -0.4 is 5.32 Å². The minimum absolute atomic E-state index is 0.00116. The van der Waals surface area contributed by atoms with E-state index in [1.54, 1.807) is 41.0 Å². The highest BCUT2D eigenvalue weighted by Gasteiger charge is 2.42. The Kier molecular flexibility index (Phi) is 7.98. The largest absolute Gasteiger partial charge is 0.484 e. The third-order valence-corrected chi connectivity index (χ3v) is 11.5. The lowest BCUT2D eigenvalue weighted by molar-refractivity contribution is -0.116. The van der Waals surface area contributed by atoms with Crippen LogP contribution in [0.3, 0.4) is 0 Å². The van der Waals surface area contributed by atoms with Crippen molar-refractivity contribution in [1.82, 2.24) is 19.2 Å². The maximum absolute atomic E-state index is 15.1. The number of sulfone groups is 1. The number of benzene rings is 2. The van der Waals surface area contributed by atoms with Crippen LogP contribution in [0.15, 0.2) is 77.5 Å². The Morgan fingerprint density at radius 1 is 1.02 bits per heavy atom. The van der Waals surface area contributed by atoms with Crippen LogP contribution >= 0.6 is 0 Å². The van der Waals surface area contributed by atoms with Gasteiger partial charge >= 0.3 is 0 Å². The molecule has 4 heterocycles. The molecule has 2 unspecified atom stereocenters. The van der Waals surface area contributed by atoms with Crippen molar-refractivity contribution in [2.24, 2.45) is 0 Å². The van der Waals surface area contributed by atoms with Gasteiger partial charge in [0.05, 0.1) is 51.8 Å². The number of carbonyl (C=O) groups is 1. The second-order valence-electron chi connectivity index (χ2n) is 12.6. The first-order chi connectivity index (χ1) is 23.6. The third kappa shape index (κ3) is 5.67. The molecule has 0 bridgehead atoms. The molecule has 0 spiro atoms. The zero-order chi connectivity index (χ0) is 35.9. The molecular formula is C35H31F3N4O6S2. The number of sulfonamides is 1. The Morgan fingerprint density at radius 2 is 1.78 bits per heavy atom. The Labute approximate surface area is 286 Å². The van der Waals surface area contributed by atoms with E-state index < -0.39 is 55.4 Å². The van der Waals surface area contributed by atoms with Gasteiger partial charge in [0.15, 0.2) is 0 Å². The fourth-order valence-electron chi connectivity index (χ4n) is 6.99. The van der Waals surface area contributed by atoms with E-state index in [9.17, 15) is 26.0 Å². The number of allylic oxidation sites excluding steroid dienone is 2. The second-order valence-corrected chi connectivity index (χ2v) is 16.8. The number of nitrogens with zero attached hydrogens (tertiary/aromatic N) is 3. The molecule has 1 aliphatic carbocycles. The summed E-state index contributed by atoms with van der Waals surface area (Å²) in [5.74, 6) is -3.14. The van der Waals surface area contributed by atoms with Crippen molar-refractivity contribution in [1.29, 1.82) is 0 Å². The van der Waals surface area contributed by atoms with Gasteiger partial charge in [-0.25, -0.2) is 35.0 Å². The van der Waals surface area contributed by atoms with Gasteiger partial charge in [-0.1, -0.05) is 12.1 Å². The number of rotatable bonds is 7. The Bertz CT molecular complexity index is 2470. The Hall–Kier alpha value is -4.89. The summed E-state index contributed by atoms with van der Waals surface area (Å²) in [6, 6.07) is 12.0. The predicted molar refractivity (Wildman–Crippen MR) is 182 cm³/mol. The number of nitrogens with one attached hydrogen (secondary N) is 1. The fraction of sp³-hybridized carbons (Fsp3) is 0.257. The number of fused-ring (bicyclic) bond motifs is 6. The molecule has 1 N–H and O–H groups in total. The van der Waals surface area contributed by atoms with Crippen molar-refractivity contribution in [3.05, 3.63) is 112 Å². The molecule has 15 heteroatoms. The van der Waals surface area contributed by atoms with E-state index in [1.807, 2.05) is 0 Å². The fourth-order valence-corrected chi connectivity index (χ4v) is 8.53. The normalized spacial score (nSPS) is 18.7. The zero-order valence-corrected chi connectivity index (χ0v) is 28.9. The summed E-state index contributed by atoms with van der Waals surface area (Å²) in [4.78, 5) is 18.3. The lowest BCUT2D eigenvalue weighted by Gasteiger charge is -2.31. The predicted octanol–water partition coefficient (Wildman–Crippen LogP) is 4.75. The maximum atomic E-state index is 15.1. The van der Waals surface area contributed by atoms with Crippen LogP contribution in [-0.2, 0) is 35.8 Å². The first-order valence-electron chi connectivity index (χ1n) is 15.5. The molecule has 0 saturated heterocycles. The molecule has 7 rings (SSSR count). The van der Waals surface area contributed by atoms with Gasteiger partial charge in [-0.05, 0) is 54.5 Å². The monoisotopic (exact) mass is 724 g/mol. The summed E-state index contributed by atoms with van der Waals surface area (Å²) in [5.41, 5.74) is 3.30. The van der Waals surface area contributed by atoms with Gasteiger partial charge in [0.1, 0.15) is 39.2 Å². The zero-order valence-electron chi connectivity index (χ0n) is 27.3.